The molecule has 26 heavy (non-hydrogen) atoms. The minimum absolute atomic E-state index is 0.0372. The van der Waals surface area contributed by atoms with Gasteiger partial charge in [-0.25, -0.2) is 9.59 Å². The molecular formula is C18H23N5O3. The predicted octanol–water partition coefficient (Wildman–Crippen LogP) is 0.721. The predicted molar refractivity (Wildman–Crippen MR) is 96.3 cm³/mol. The number of carbonyl (C=O) groups is 3. The van der Waals surface area contributed by atoms with Crippen LogP contribution in [0.3, 0.4) is 0 Å². The first-order valence-corrected chi connectivity index (χ1v) is 9.06. The van der Waals surface area contributed by atoms with Crippen LogP contribution < -0.4 is 26.2 Å². The molecule has 0 radical (unpaired) electrons. The molecule has 1 aromatic rings. The first-order valence-electron chi connectivity index (χ1n) is 9.06. The molecule has 1 aliphatic carbocycles. The van der Waals surface area contributed by atoms with Crippen LogP contribution in [0.25, 0.3) is 0 Å². The van der Waals surface area contributed by atoms with Gasteiger partial charge in [0.05, 0.1) is 12.1 Å². The number of benzene rings is 1. The minimum atomic E-state index is -0.140. The Morgan fingerprint density at radius 2 is 2.00 bits per heavy atom. The van der Waals surface area contributed by atoms with Crippen LogP contribution in [-0.2, 0) is 6.42 Å². The van der Waals surface area contributed by atoms with E-state index in [4.69, 9.17) is 0 Å². The fraction of sp³-hybridized carbons (Fsp3) is 0.500. The van der Waals surface area contributed by atoms with Gasteiger partial charge in [0.15, 0.2) is 0 Å². The van der Waals surface area contributed by atoms with E-state index in [1.165, 1.54) is 0 Å². The van der Waals surface area contributed by atoms with Crippen molar-refractivity contribution < 1.29 is 14.4 Å². The topological polar surface area (TPSA) is 103 Å². The standard InChI is InChI=1S/C18H23N5O3/c1-19-16(24)12-3-2-4-15-11(12)7-8-23(15)18(26)20-10-5-6-13-14(9-10)22-17(25)21-13/h2-4,10,13-14H,5-9H2,1H3,(H,19,24)(H,20,26)(H2,21,22,25). The fourth-order valence-electron chi connectivity index (χ4n) is 4.26. The maximum Gasteiger partial charge on any atom is 0.322 e. The number of nitrogens with one attached hydrogen (secondary N) is 4. The highest BCUT2D eigenvalue weighted by Crippen LogP contribution is 2.31. The Balaban J connectivity index is 1.45. The molecule has 5 amide bonds. The summed E-state index contributed by atoms with van der Waals surface area (Å²) in [5.74, 6) is -0.132. The van der Waals surface area contributed by atoms with Crippen LogP contribution in [0.15, 0.2) is 18.2 Å². The van der Waals surface area contributed by atoms with Gasteiger partial charge in [-0.3, -0.25) is 9.69 Å². The molecule has 1 saturated heterocycles. The minimum Gasteiger partial charge on any atom is -0.355 e. The number of rotatable bonds is 2. The molecule has 2 aliphatic heterocycles. The first-order chi connectivity index (χ1) is 12.6. The van der Waals surface area contributed by atoms with Crippen molar-refractivity contribution in [3.8, 4) is 0 Å². The highest BCUT2D eigenvalue weighted by atomic mass is 16.2. The highest BCUT2D eigenvalue weighted by Gasteiger charge is 2.38. The molecule has 8 nitrogen and oxygen atoms in total. The van der Waals surface area contributed by atoms with E-state index in [0.29, 0.717) is 18.5 Å². The van der Waals surface area contributed by atoms with E-state index >= 15 is 0 Å². The van der Waals surface area contributed by atoms with Crippen molar-refractivity contribution in [2.75, 3.05) is 18.5 Å². The number of hydrogen-bond donors (Lipinski definition) is 4. The van der Waals surface area contributed by atoms with Crippen molar-refractivity contribution in [1.29, 1.82) is 0 Å². The summed E-state index contributed by atoms with van der Waals surface area (Å²) in [4.78, 5) is 38.0. The van der Waals surface area contributed by atoms with E-state index in [-0.39, 0.29) is 36.1 Å². The summed E-state index contributed by atoms with van der Waals surface area (Å²) in [6, 6.07) is 5.49. The molecule has 0 bridgehead atoms. The van der Waals surface area contributed by atoms with Gasteiger partial charge in [-0.2, -0.15) is 0 Å². The fourth-order valence-corrected chi connectivity index (χ4v) is 4.26. The van der Waals surface area contributed by atoms with Crippen molar-refractivity contribution in [1.82, 2.24) is 21.3 Å². The van der Waals surface area contributed by atoms with Gasteiger partial charge in [-0.1, -0.05) is 6.07 Å². The number of fused-ring (bicyclic) bond motifs is 2. The summed E-state index contributed by atoms with van der Waals surface area (Å²) < 4.78 is 0. The number of carbonyl (C=O) groups excluding carboxylic acids is 3. The lowest BCUT2D eigenvalue weighted by molar-refractivity contribution is 0.0962. The quantitative estimate of drug-likeness (QED) is 0.627. The summed E-state index contributed by atoms with van der Waals surface area (Å²) >= 11 is 0. The van der Waals surface area contributed by atoms with Gasteiger partial charge < -0.3 is 21.3 Å². The molecule has 138 valence electrons. The van der Waals surface area contributed by atoms with E-state index in [2.05, 4.69) is 21.3 Å². The molecule has 3 atom stereocenters. The number of nitrogens with zero attached hydrogens (tertiary/aromatic N) is 1. The molecule has 4 N–H and O–H groups in total. The SMILES string of the molecule is CNC(=O)c1cccc2c1CCN2C(=O)NC1CCC2NC(=O)NC2C1. The molecule has 0 spiro atoms. The Kier molecular flexibility index (Phi) is 4.18. The smallest absolute Gasteiger partial charge is 0.322 e. The molecule has 8 heteroatoms. The second-order valence-corrected chi connectivity index (χ2v) is 7.07. The summed E-state index contributed by atoms with van der Waals surface area (Å²) in [5.41, 5.74) is 2.34. The average molecular weight is 357 g/mol. The molecule has 1 saturated carbocycles. The second-order valence-electron chi connectivity index (χ2n) is 7.07. The Bertz CT molecular complexity index is 765. The number of amides is 5. The molecule has 2 heterocycles. The van der Waals surface area contributed by atoms with Gasteiger partial charge in [-0.05, 0) is 43.4 Å². The maximum absolute atomic E-state index is 12.8. The van der Waals surface area contributed by atoms with Crippen molar-refractivity contribution >= 4 is 23.7 Å². The first kappa shape index (κ1) is 16.7. The maximum atomic E-state index is 12.8. The lowest BCUT2D eigenvalue weighted by atomic mass is 9.88. The molecule has 3 aliphatic rings. The van der Waals surface area contributed by atoms with Gasteiger partial charge >= 0.3 is 12.1 Å². The molecule has 4 rings (SSSR count). The summed E-state index contributed by atoms with van der Waals surface area (Å²) in [7, 11) is 1.61. The van der Waals surface area contributed by atoms with Crippen molar-refractivity contribution in [2.24, 2.45) is 0 Å². The zero-order valence-electron chi connectivity index (χ0n) is 14.7. The van der Waals surface area contributed by atoms with Crippen LogP contribution in [0.4, 0.5) is 15.3 Å². The second kappa shape index (κ2) is 6.51. The molecule has 2 fully saturated rings. The van der Waals surface area contributed by atoms with Gasteiger partial charge in [-0.15, -0.1) is 0 Å². The summed E-state index contributed by atoms with van der Waals surface area (Å²) in [5, 5.41) is 11.6. The van der Waals surface area contributed by atoms with E-state index in [9.17, 15) is 14.4 Å². The van der Waals surface area contributed by atoms with Crippen LogP contribution >= 0.6 is 0 Å². The monoisotopic (exact) mass is 357 g/mol. The van der Waals surface area contributed by atoms with Crippen LogP contribution in [0.1, 0.15) is 35.2 Å². The lowest BCUT2D eigenvalue weighted by Crippen LogP contribution is -2.51. The third kappa shape index (κ3) is 2.85. The van der Waals surface area contributed by atoms with Crippen LogP contribution in [0, 0.1) is 0 Å². The summed E-state index contributed by atoms with van der Waals surface area (Å²) in [6.07, 6.45) is 3.09. The molecule has 0 aromatic heterocycles. The zero-order chi connectivity index (χ0) is 18.3. The van der Waals surface area contributed by atoms with Crippen molar-refractivity contribution in [3.63, 3.8) is 0 Å². The summed E-state index contributed by atoms with van der Waals surface area (Å²) in [6.45, 7) is 0.562. The number of hydrogen-bond acceptors (Lipinski definition) is 3. The average Bonchev–Trinajstić information content (AvgIpc) is 3.22. The Morgan fingerprint density at radius 1 is 1.19 bits per heavy atom. The van der Waals surface area contributed by atoms with Crippen LogP contribution in [-0.4, -0.2) is 49.7 Å². The molecule has 1 aromatic carbocycles. The normalized spacial score (nSPS) is 26.4. The number of urea groups is 2. The van der Waals surface area contributed by atoms with Crippen molar-refractivity contribution in [2.45, 2.75) is 43.8 Å². The largest absolute Gasteiger partial charge is 0.355 e. The van der Waals surface area contributed by atoms with E-state index in [0.717, 1.165) is 30.5 Å². The van der Waals surface area contributed by atoms with Gasteiger partial charge in [0.1, 0.15) is 0 Å². The van der Waals surface area contributed by atoms with E-state index in [1.54, 1.807) is 24.1 Å². The van der Waals surface area contributed by atoms with Crippen molar-refractivity contribution in [3.05, 3.63) is 29.3 Å². The van der Waals surface area contributed by atoms with Crippen LogP contribution in [0.5, 0.6) is 0 Å². The third-order valence-corrected chi connectivity index (χ3v) is 5.56. The van der Waals surface area contributed by atoms with Gasteiger partial charge in [0.2, 0.25) is 0 Å². The van der Waals surface area contributed by atoms with Crippen LogP contribution in [0.2, 0.25) is 0 Å². The Labute approximate surface area is 151 Å². The third-order valence-electron chi connectivity index (χ3n) is 5.56. The highest BCUT2D eigenvalue weighted by molar-refractivity contribution is 6.01. The molecule has 3 unspecified atom stereocenters. The van der Waals surface area contributed by atoms with Gasteiger partial charge in [0.25, 0.3) is 5.91 Å². The lowest BCUT2D eigenvalue weighted by Gasteiger charge is -2.32. The zero-order valence-corrected chi connectivity index (χ0v) is 14.7. The Hall–Kier alpha value is -2.77. The van der Waals surface area contributed by atoms with E-state index < -0.39 is 0 Å². The number of anilines is 1. The Morgan fingerprint density at radius 3 is 2.81 bits per heavy atom. The van der Waals surface area contributed by atoms with Gasteiger partial charge in [0, 0.05) is 30.9 Å². The molecular weight excluding hydrogens is 334 g/mol. The van der Waals surface area contributed by atoms with E-state index in [1.807, 2.05) is 6.07 Å².